The van der Waals surface area contributed by atoms with E-state index in [1.807, 2.05) is 0 Å². The van der Waals surface area contributed by atoms with Crippen LogP contribution in [0.3, 0.4) is 0 Å². The summed E-state index contributed by atoms with van der Waals surface area (Å²) in [6, 6.07) is 0. The predicted octanol–water partition coefficient (Wildman–Crippen LogP) is 2.27. The second-order valence-electron chi connectivity index (χ2n) is 3.88. The molecule has 0 unspecified atom stereocenters. The van der Waals surface area contributed by atoms with Gasteiger partial charge in [-0.3, -0.25) is 4.99 Å². The van der Waals surface area contributed by atoms with Crippen LogP contribution in [0.5, 0.6) is 0 Å². The first kappa shape index (κ1) is 6.79. The fourth-order valence-electron chi connectivity index (χ4n) is 1.09. The maximum absolute atomic E-state index is 4.42. The minimum atomic E-state index is 0.178. The smallest absolute Gasteiger partial charge is 0.0654 e. The maximum atomic E-state index is 4.42. The summed E-state index contributed by atoms with van der Waals surface area (Å²) in [6.07, 6.45) is 0. The largest absolute Gasteiger partial charge is 0.287 e. The summed E-state index contributed by atoms with van der Waals surface area (Å²) in [5.74, 6) is 0. The van der Waals surface area contributed by atoms with Gasteiger partial charge >= 0.3 is 0 Å². The van der Waals surface area contributed by atoms with E-state index >= 15 is 0 Å². The summed E-state index contributed by atoms with van der Waals surface area (Å²) in [5.41, 5.74) is 1.79. The van der Waals surface area contributed by atoms with Crippen LogP contribution in [0.15, 0.2) is 4.99 Å². The summed E-state index contributed by atoms with van der Waals surface area (Å²) < 4.78 is 0. The first-order valence-corrected chi connectivity index (χ1v) is 3.45. The number of hydrogen-bond donors (Lipinski definition) is 0. The molecule has 0 radical (unpaired) electrons. The highest BCUT2D eigenvalue weighted by molar-refractivity contribution is 5.94. The predicted molar refractivity (Wildman–Crippen MR) is 41.0 cm³/mol. The number of aliphatic imine (C=N–C) groups is 1. The van der Waals surface area contributed by atoms with Crippen molar-refractivity contribution in [3.63, 3.8) is 0 Å². The van der Waals surface area contributed by atoms with Gasteiger partial charge in [0.25, 0.3) is 0 Å². The Labute approximate surface area is 57.2 Å². The fourth-order valence-corrected chi connectivity index (χ4v) is 1.09. The average molecular weight is 125 g/mol. The van der Waals surface area contributed by atoms with E-state index in [4.69, 9.17) is 0 Å². The molecule has 1 heteroatoms. The third kappa shape index (κ3) is 0.637. The van der Waals surface area contributed by atoms with Gasteiger partial charge in [-0.2, -0.15) is 0 Å². The van der Waals surface area contributed by atoms with E-state index in [-0.39, 0.29) is 5.54 Å². The third-order valence-corrected chi connectivity index (χ3v) is 2.88. The van der Waals surface area contributed by atoms with Crippen LogP contribution in [0, 0.1) is 5.41 Å². The van der Waals surface area contributed by atoms with Crippen molar-refractivity contribution < 1.29 is 0 Å². The van der Waals surface area contributed by atoms with Gasteiger partial charge in [-0.05, 0) is 20.8 Å². The van der Waals surface area contributed by atoms with E-state index in [9.17, 15) is 0 Å². The molecule has 0 saturated carbocycles. The number of hydrogen-bond acceptors (Lipinski definition) is 1. The van der Waals surface area contributed by atoms with Crippen molar-refractivity contribution in [2.45, 2.75) is 40.2 Å². The van der Waals surface area contributed by atoms with Crippen LogP contribution in [-0.4, -0.2) is 11.3 Å². The van der Waals surface area contributed by atoms with E-state index in [1.165, 1.54) is 5.71 Å². The van der Waals surface area contributed by atoms with Crippen molar-refractivity contribution in [2.75, 3.05) is 0 Å². The molecule has 1 rings (SSSR count). The van der Waals surface area contributed by atoms with Crippen LogP contribution in [0.4, 0.5) is 0 Å². The standard InChI is InChI=1S/C8H15N/c1-6-7(2,3)8(4,5)9-6/h1-5H3. The molecule has 0 aliphatic carbocycles. The minimum absolute atomic E-state index is 0.178. The Balaban J connectivity index is 2.94. The Hall–Kier alpha value is -0.330. The molecule has 0 aromatic rings. The van der Waals surface area contributed by atoms with Crippen LogP contribution in [0.1, 0.15) is 34.6 Å². The summed E-state index contributed by atoms with van der Waals surface area (Å²) in [7, 11) is 0. The number of nitrogens with zero attached hydrogens (tertiary/aromatic N) is 1. The molecule has 1 heterocycles. The van der Waals surface area contributed by atoms with Gasteiger partial charge in [0.2, 0.25) is 0 Å². The minimum Gasteiger partial charge on any atom is -0.287 e. The molecule has 1 aliphatic rings. The quantitative estimate of drug-likeness (QED) is 0.471. The fraction of sp³-hybridized carbons (Fsp3) is 0.875. The third-order valence-electron chi connectivity index (χ3n) is 2.88. The van der Waals surface area contributed by atoms with Gasteiger partial charge in [-0.1, -0.05) is 13.8 Å². The molecule has 0 fully saturated rings. The Morgan fingerprint density at radius 3 is 1.56 bits per heavy atom. The molecule has 0 spiro atoms. The Kier molecular flexibility index (Phi) is 1.05. The average Bonchev–Trinajstić information content (AvgIpc) is 1.65. The lowest BCUT2D eigenvalue weighted by molar-refractivity contribution is 0.251. The highest BCUT2D eigenvalue weighted by Gasteiger charge is 2.46. The molecule has 0 aromatic carbocycles. The molecule has 1 nitrogen and oxygen atoms in total. The van der Waals surface area contributed by atoms with E-state index in [2.05, 4.69) is 39.6 Å². The molecule has 9 heavy (non-hydrogen) atoms. The van der Waals surface area contributed by atoms with Gasteiger partial charge in [0.1, 0.15) is 0 Å². The Bertz CT molecular complexity index is 163. The van der Waals surface area contributed by atoms with E-state index in [1.54, 1.807) is 0 Å². The molecular formula is C8H15N. The van der Waals surface area contributed by atoms with Gasteiger partial charge in [-0.25, -0.2) is 0 Å². The van der Waals surface area contributed by atoms with Crippen molar-refractivity contribution >= 4 is 5.71 Å². The maximum Gasteiger partial charge on any atom is 0.0654 e. The molecular weight excluding hydrogens is 110 g/mol. The van der Waals surface area contributed by atoms with Crippen molar-refractivity contribution in [1.29, 1.82) is 0 Å². The van der Waals surface area contributed by atoms with E-state index in [0.29, 0.717) is 5.41 Å². The molecule has 0 aromatic heterocycles. The SMILES string of the molecule is CC1=NC(C)(C)C1(C)C. The number of rotatable bonds is 0. The second-order valence-corrected chi connectivity index (χ2v) is 3.88. The zero-order chi connectivity index (χ0) is 7.28. The lowest BCUT2D eigenvalue weighted by Crippen LogP contribution is -2.51. The summed E-state index contributed by atoms with van der Waals surface area (Å²) >= 11 is 0. The molecule has 52 valence electrons. The van der Waals surface area contributed by atoms with Gasteiger partial charge in [0.15, 0.2) is 0 Å². The van der Waals surface area contributed by atoms with Gasteiger partial charge < -0.3 is 0 Å². The molecule has 0 saturated heterocycles. The second kappa shape index (κ2) is 1.39. The Morgan fingerprint density at radius 1 is 1.11 bits per heavy atom. The van der Waals surface area contributed by atoms with E-state index < -0.39 is 0 Å². The van der Waals surface area contributed by atoms with Gasteiger partial charge in [0.05, 0.1) is 5.54 Å². The highest BCUT2D eigenvalue weighted by Crippen LogP contribution is 2.43. The highest BCUT2D eigenvalue weighted by atomic mass is 15.0. The topological polar surface area (TPSA) is 12.4 Å². The zero-order valence-corrected chi connectivity index (χ0v) is 6.95. The summed E-state index contributed by atoms with van der Waals surface area (Å²) in [5, 5.41) is 0. The Morgan fingerprint density at radius 2 is 1.56 bits per heavy atom. The molecule has 0 atom stereocenters. The first-order chi connectivity index (χ1) is 3.88. The van der Waals surface area contributed by atoms with Crippen molar-refractivity contribution in [3.8, 4) is 0 Å². The van der Waals surface area contributed by atoms with Crippen LogP contribution >= 0.6 is 0 Å². The van der Waals surface area contributed by atoms with Crippen LogP contribution in [-0.2, 0) is 0 Å². The lowest BCUT2D eigenvalue weighted by Gasteiger charge is -2.47. The van der Waals surface area contributed by atoms with Crippen LogP contribution in [0.25, 0.3) is 0 Å². The monoisotopic (exact) mass is 125 g/mol. The molecule has 0 N–H and O–H groups in total. The molecule has 0 bridgehead atoms. The normalized spacial score (nSPS) is 28.8. The van der Waals surface area contributed by atoms with Crippen molar-refractivity contribution in [1.82, 2.24) is 0 Å². The van der Waals surface area contributed by atoms with E-state index in [0.717, 1.165) is 0 Å². The first-order valence-electron chi connectivity index (χ1n) is 3.45. The molecule has 1 aliphatic heterocycles. The summed E-state index contributed by atoms with van der Waals surface area (Å²) in [4.78, 5) is 4.42. The van der Waals surface area contributed by atoms with Gasteiger partial charge in [0, 0.05) is 11.1 Å². The molecule has 0 amide bonds. The van der Waals surface area contributed by atoms with Crippen molar-refractivity contribution in [2.24, 2.45) is 10.4 Å². The van der Waals surface area contributed by atoms with Crippen LogP contribution in [0.2, 0.25) is 0 Å². The zero-order valence-electron chi connectivity index (χ0n) is 6.95. The van der Waals surface area contributed by atoms with Gasteiger partial charge in [-0.15, -0.1) is 0 Å². The van der Waals surface area contributed by atoms with Crippen molar-refractivity contribution in [3.05, 3.63) is 0 Å². The van der Waals surface area contributed by atoms with Crippen LogP contribution < -0.4 is 0 Å². The lowest BCUT2D eigenvalue weighted by atomic mass is 9.66. The summed E-state index contributed by atoms with van der Waals surface area (Å²) in [6.45, 7) is 11.0.